The van der Waals surface area contributed by atoms with Crippen LogP contribution in [0.25, 0.3) is 0 Å². The zero-order chi connectivity index (χ0) is 29.1. The first-order valence-corrected chi connectivity index (χ1v) is 15.3. The zero-order valence-corrected chi connectivity index (χ0v) is 23.8. The van der Waals surface area contributed by atoms with Crippen LogP contribution in [0.1, 0.15) is 36.0 Å². The van der Waals surface area contributed by atoms with E-state index in [-0.39, 0.29) is 29.2 Å². The highest BCUT2D eigenvalue weighted by atomic mass is 35.5. The number of nitrogens with zero attached hydrogens (tertiary/aromatic N) is 3. The standard InChI is InChI=1S/C30H30ClF2N3O4S/c31-23-8-11-26(12-9-23)41(39,40)36(28-19-24(32)10-13-27(28)33)25-7-4-16-35(20-25)30(38)34-17-14-22(15-18-34)29(37)21-5-2-1-3-6-21/h1-3,5-6,8-13,19,22,25H,4,7,14-18,20H2. The van der Waals surface area contributed by atoms with E-state index in [1.54, 1.807) is 21.9 Å². The number of carbonyl (C=O) groups excluding carboxylic acids is 2. The van der Waals surface area contributed by atoms with Crippen molar-refractivity contribution in [2.24, 2.45) is 5.92 Å². The van der Waals surface area contributed by atoms with Gasteiger partial charge in [-0.25, -0.2) is 22.0 Å². The number of anilines is 1. The summed E-state index contributed by atoms with van der Waals surface area (Å²) in [6, 6.07) is 16.1. The predicted octanol–water partition coefficient (Wildman–Crippen LogP) is 5.99. The molecule has 2 aliphatic heterocycles. The van der Waals surface area contributed by atoms with Gasteiger partial charge in [-0.05, 0) is 62.1 Å². The molecule has 7 nitrogen and oxygen atoms in total. The molecule has 0 aromatic heterocycles. The molecule has 0 radical (unpaired) electrons. The van der Waals surface area contributed by atoms with E-state index in [9.17, 15) is 22.4 Å². The van der Waals surface area contributed by atoms with Crippen molar-refractivity contribution < 1.29 is 26.8 Å². The fourth-order valence-corrected chi connectivity index (χ4v) is 7.38. The summed E-state index contributed by atoms with van der Waals surface area (Å²) in [5.41, 5.74) is 0.238. The number of ketones is 1. The Morgan fingerprint density at radius 3 is 2.22 bits per heavy atom. The Labute approximate surface area is 243 Å². The van der Waals surface area contributed by atoms with Crippen molar-refractivity contribution in [3.05, 3.63) is 95.0 Å². The molecule has 2 heterocycles. The van der Waals surface area contributed by atoms with Gasteiger partial charge in [0, 0.05) is 48.7 Å². The molecule has 0 saturated carbocycles. The lowest BCUT2D eigenvalue weighted by molar-refractivity contribution is 0.0824. The molecule has 2 aliphatic rings. The molecule has 0 spiro atoms. The van der Waals surface area contributed by atoms with Gasteiger partial charge < -0.3 is 9.80 Å². The summed E-state index contributed by atoms with van der Waals surface area (Å²) in [6.45, 7) is 1.20. The summed E-state index contributed by atoms with van der Waals surface area (Å²) in [4.78, 5) is 29.5. The highest BCUT2D eigenvalue weighted by molar-refractivity contribution is 7.92. The number of carbonyl (C=O) groups is 2. The summed E-state index contributed by atoms with van der Waals surface area (Å²) < 4.78 is 57.9. The summed E-state index contributed by atoms with van der Waals surface area (Å²) >= 11 is 5.95. The Morgan fingerprint density at radius 2 is 1.54 bits per heavy atom. The van der Waals surface area contributed by atoms with Crippen LogP contribution in [0.2, 0.25) is 5.02 Å². The second-order valence-electron chi connectivity index (χ2n) is 10.4. The third-order valence-corrected chi connectivity index (χ3v) is 9.84. The first-order valence-electron chi connectivity index (χ1n) is 13.5. The van der Waals surface area contributed by atoms with Crippen molar-refractivity contribution in [1.29, 1.82) is 0 Å². The number of rotatable bonds is 6. The van der Waals surface area contributed by atoms with Crippen LogP contribution in [-0.4, -0.2) is 62.3 Å². The molecule has 1 unspecified atom stereocenters. The SMILES string of the molecule is O=C(c1ccccc1)C1CCN(C(=O)N2CCCC(N(c3cc(F)ccc3F)S(=O)(=O)c3ccc(Cl)cc3)C2)CC1. The lowest BCUT2D eigenvalue weighted by Crippen LogP contribution is -2.55. The quantitative estimate of drug-likeness (QED) is 0.325. The van der Waals surface area contributed by atoms with Gasteiger partial charge in [-0.1, -0.05) is 41.9 Å². The van der Waals surface area contributed by atoms with E-state index >= 15 is 4.39 Å². The first kappa shape index (κ1) is 29.0. The molecule has 3 aromatic carbocycles. The summed E-state index contributed by atoms with van der Waals surface area (Å²) in [5, 5.41) is 0.330. The van der Waals surface area contributed by atoms with Crippen LogP contribution >= 0.6 is 11.6 Å². The zero-order valence-electron chi connectivity index (χ0n) is 22.3. The Morgan fingerprint density at radius 1 is 0.854 bits per heavy atom. The van der Waals surface area contributed by atoms with Gasteiger partial charge >= 0.3 is 6.03 Å². The van der Waals surface area contributed by atoms with Crippen LogP contribution in [0.5, 0.6) is 0 Å². The minimum absolute atomic E-state index is 0.00445. The van der Waals surface area contributed by atoms with Crippen LogP contribution in [0.4, 0.5) is 19.3 Å². The Kier molecular flexibility index (Phi) is 8.60. The molecular weight excluding hydrogens is 572 g/mol. The van der Waals surface area contributed by atoms with E-state index in [0.717, 1.165) is 22.5 Å². The highest BCUT2D eigenvalue weighted by Gasteiger charge is 2.39. The topological polar surface area (TPSA) is 78.0 Å². The van der Waals surface area contributed by atoms with Gasteiger partial charge in [0.1, 0.15) is 11.6 Å². The maximum absolute atomic E-state index is 15.0. The minimum Gasteiger partial charge on any atom is -0.325 e. The van der Waals surface area contributed by atoms with Gasteiger partial charge in [-0.3, -0.25) is 9.10 Å². The fourth-order valence-electron chi connectivity index (χ4n) is 5.59. The van der Waals surface area contributed by atoms with Crippen molar-refractivity contribution in [1.82, 2.24) is 9.80 Å². The molecule has 2 amide bonds. The van der Waals surface area contributed by atoms with Crippen LogP contribution < -0.4 is 4.31 Å². The van der Waals surface area contributed by atoms with Crippen molar-refractivity contribution in [2.75, 3.05) is 30.5 Å². The largest absolute Gasteiger partial charge is 0.325 e. The first-order chi connectivity index (χ1) is 19.6. The van der Waals surface area contributed by atoms with Gasteiger partial charge in [-0.2, -0.15) is 0 Å². The van der Waals surface area contributed by atoms with Crippen molar-refractivity contribution >= 4 is 39.1 Å². The van der Waals surface area contributed by atoms with E-state index < -0.39 is 33.4 Å². The van der Waals surface area contributed by atoms with Crippen molar-refractivity contribution in [2.45, 2.75) is 36.6 Å². The molecule has 2 saturated heterocycles. The van der Waals surface area contributed by atoms with Gasteiger partial charge in [0.25, 0.3) is 10.0 Å². The Balaban J connectivity index is 1.35. The number of likely N-dealkylation sites (tertiary alicyclic amines) is 2. The fraction of sp³-hybridized carbons (Fsp3) is 0.333. The second kappa shape index (κ2) is 12.2. The van der Waals surface area contributed by atoms with Gasteiger partial charge in [0.2, 0.25) is 0 Å². The van der Waals surface area contributed by atoms with Crippen LogP contribution in [0.15, 0.2) is 77.7 Å². The van der Waals surface area contributed by atoms with E-state index in [2.05, 4.69) is 0 Å². The van der Waals surface area contributed by atoms with E-state index in [4.69, 9.17) is 11.6 Å². The Hall–Kier alpha value is -3.50. The third kappa shape index (κ3) is 6.23. The summed E-state index contributed by atoms with van der Waals surface area (Å²) in [5.74, 6) is -1.78. The maximum atomic E-state index is 15.0. The molecule has 3 aromatic rings. The molecule has 41 heavy (non-hydrogen) atoms. The average molecular weight is 602 g/mol. The van der Waals surface area contributed by atoms with E-state index in [1.807, 2.05) is 18.2 Å². The lowest BCUT2D eigenvalue weighted by atomic mass is 9.89. The number of hydrogen-bond acceptors (Lipinski definition) is 4. The van der Waals surface area contributed by atoms with Crippen molar-refractivity contribution in [3.63, 3.8) is 0 Å². The lowest BCUT2D eigenvalue weighted by Gasteiger charge is -2.42. The van der Waals surface area contributed by atoms with Gasteiger partial charge in [0.05, 0.1) is 16.6 Å². The summed E-state index contributed by atoms with van der Waals surface area (Å²) in [6.07, 6.45) is 1.88. The molecular formula is C30H30ClF2N3O4S. The number of Topliss-reactive ketones (excluding diaryl/α,β-unsaturated/α-hetero) is 1. The molecule has 0 aliphatic carbocycles. The minimum atomic E-state index is -4.35. The van der Waals surface area contributed by atoms with Crippen molar-refractivity contribution in [3.8, 4) is 0 Å². The molecule has 0 N–H and O–H groups in total. The average Bonchev–Trinajstić information content (AvgIpc) is 2.99. The second-order valence-corrected chi connectivity index (χ2v) is 12.6. The number of halogens is 3. The molecule has 216 valence electrons. The summed E-state index contributed by atoms with van der Waals surface area (Å²) in [7, 11) is -4.35. The van der Waals surface area contributed by atoms with E-state index in [0.29, 0.717) is 55.9 Å². The van der Waals surface area contributed by atoms with Crippen LogP contribution in [-0.2, 0) is 10.0 Å². The van der Waals surface area contributed by atoms with Crippen LogP contribution in [0.3, 0.4) is 0 Å². The number of urea groups is 1. The monoisotopic (exact) mass is 601 g/mol. The van der Waals surface area contributed by atoms with Gasteiger partial charge in [0.15, 0.2) is 5.78 Å². The smallest absolute Gasteiger partial charge is 0.320 e. The molecule has 2 fully saturated rings. The van der Waals surface area contributed by atoms with E-state index in [1.165, 1.54) is 24.3 Å². The Bertz CT molecular complexity index is 1510. The normalized spacial score (nSPS) is 18.3. The highest BCUT2D eigenvalue weighted by Crippen LogP contribution is 2.33. The number of sulfonamides is 1. The van der Waals surface area contributed by atoms with Gasteiger partial charge in [-0.15, -0.1) is 0 Å². The number of amides is 2. The molecule has 11 heteroatoms. The molecule has 0 bridgehead atoms. The predicted molar refractivity (Wildman–Crippen MR) is 153 cm³/mol. The maximum Gasteiger partial charge on any atom is 0.320 e. The van der Waals surface area contributed by atoms with Crippen LogP contribution in [0, 0.1) is 17.6 Å². The number of hydrogen-bond donors (Lipinski definition) is 0. The number of piperidine rings is 2. The third-order valence-electron chi connectivity index (χ3n) is 7.71. The molecule has 1 atom stereocenters. The number of benzene rings is 3. The molecule has 5 rings (SSSR count).